The Morgan fingerprint density at radius 2 is 1.21 bits per heavy atom. The summed E-state index contributed by atoms with van der Waals surface area (Å²) in [7, 11) is 0. The first-order valence-corrected chi connectivity index (χ1v) is 8.89. The van der Waals surface area contributed by atoms with Gasteiger partial charge in [0.25, 0.3) is 0 Å². The second kappa shape index (κ2) is 11.9. The second-order valence-electron chi connectivity index (χ2n) is 4.67. The Bertz CT molecular complexity index is 243. The SMILES string of the molecule is CCCCCC(Br)C(=O)OC(=O)C(Br)CCCCC. The minimum atomic E-state index is -0.471. The fraction of sp³-hybridized carbons (Fsp3) is 0.857. The van der Waals surface area contributed by atoms with E-state index in [1.54, 1.807) is 0 Å². The molecule has 0 aromatic carbocycles. The first-order chi connectivity index (χ1) is 9.02. The summed E-state index contributed by atoms with van der Waals surface area (Å²) in [6.07, 6.45) is 7.73. The van der Waals surface area contributed by atoms with Crippen molar-refractivity contribution in [3.05, 3.63) is 0 Å². The summed E-state index contributed by atoms with van der Waals surface area (Å²) in [6.45, 7) is 4.22. The molecule has 0 spiro atoms. The lowest BCUT2D eigenvalue weighted by molar-refractivity contribution is -0.158. The monoisotopic (exact) mass is 398 g/mol. The minimum absolute atomic E-state index is 0.377. The van der Waals surface area contributed by atoms with Gasteiger partial charge in [-0.25, -0.2) is 0 Å². The third-order valence-corrected chi connectivity index (χ3v) is 4.50. The molecule has 0 aliphatic carbocycles. The zero-order valence-electron chi connectivity index (χ0n) is 11.8. The number of alkyl halides is 2. The van der Waals surface area contributed by atoms with Gasteiger partial charge < -0.3 is 4.74 Å². The van der Waals surface area contributed by atoms with Crippen molar-refractivity contribution in [1.29, 1.82) is 0 Å². The molecule has 0 aromatic heterocycles. The van der Waals surface area contributed by atoms with Crippen LogP contribution in [0.2, 0.25) is 0 Å². The van der Waals surface area contributed by atoms with Gasteiger partial charge in [0.05, 0.1) is 0 Å². The van der Waals surface area contributed by atoms with Gasteiger partial charge in [0.1, 0.15) is 9.65 Å². The molecule has 2 unspecified atom stereocenters. The van der Waals surface area contributed by atoms with E-state index in [1.165, 1.54) is 0 Å². The van der Waals surface area contributed by atoms with E-state index in [4.69, 9.17) is 4.74 Å². The number of esters is 2. The van der Waals surface area contributed by atoms with Crippen molar-refractivity contribution in [1.82, 2.24) is 0 Å². The van der Waals surface area contributed by atoms with Crippen LogP contribution in [0.3, 0.4) is 0 Å². The molecule has 19 heavy (non-hydrogen) atoms. The predicted molar refractivity (Wildman–Crippen MR) is 84.8 cm³/mol. The van der Waals surface area contributed by atoms with Crippen molar-refractivity contribution in [3.63, 3.8) is 0 Å². The number of hydrogen-bond donors (Lipinski definition) is 0. The molecule has 2 atom stereocenters. The normalized spacial score (nSPS) is 13.9. The van der Waals surface area contributed by atoms with Crippen LogP contribution in [0.5, 0.6) is 0 Å². The van der Waals surface area contributed by atoms with E-state index in [0.29, 0.717) is 12.8 Å². The molecule has 0 amide bonds. The fourth-order valence-corrected chi connectivity index (χ4v) is 2.44. The van der Waals surface area contributed by atoms with Crippen LogP contribution in [-0.2, 0) is 14.3 Å². The Balaban J connectivity index is 3.92. The molecular formula is C14H24Br2O3. The fourth-order valence-electron chi connectivity index (χ4n) is 1.61. The van der Waals surface area contributed by atoms with E-state index in [2.05, 4.69) is 45.7 Å². The lowest BCUT2D eigenvalue weighted by Gasteiger charge is -2.11. The van der Waals surface area contributed by atoms with Crippen molar-refractivity contribution < 1.29 is 14.3 Å². The molecule has 5 heteroatoms. The summed E-state index contributed by atoms with van der Waals surface area (Å²) in [5.41, 5.74) is 0. The van der Waals surface area contributed by atoms with E-state index in [9.17, 15) is 9.59 Å². The summed E-state index contributed by atoms with van der Waals surface area (Å²) in [5.74, 6) is -0.943. The van der Waals surface area contributed by atoms with E-state index in [1.807, 2.05) is 0 Å². The van der Waals surface area contributed by atoms with E-state index in [-0.39, 0.29) is 9.65 Å². The van der Waals surface area contributed by atoms with Crippen molar-refractivity contribution in [3.8, 4) is 0 Å². The van der Waals surface area contributed by atoms with Gasteiger partial charge in [0.15, 0.2) is 0 Å². The quantitative estimate of drug-likeness (QED) is 0.230. The van der Waals surface area contributed by atoms with Crippen LogP contribution in [0.15, 0.2) is 0 Å². The third-order valence-electron chi connectivity index (χ3n) is 2.83. The predicted octanol–water partition coefficient (Wildman–Crippen LogP) is 4.74. The highest BCUT2D eigenvalue weighted by atomic mass is 79.9. The van der Waals surface area contributed by atoms with E-state index < -0.39 is 11.9 Å². The zero-order chi connectivity index (χ0) is 14.7. The number of ether oxygens (including phenoxy) is 1. The van der Waals surface area contributed by atoms with Crippen molar-refractivity contribution in [2.75, 3.05) is 0 Å². The highest BCUT2D eigenvalue weighted by Gasteiger charge is 2.23. The van der Waals surface area contributed by atoms with Crippen LogP contribution in [0.4, 0.5) is 0 Å². The molecule has 0 rings (SSSR count). The molecule has 0 N–H and O–H groups in total. The Hall–Kier alpha value is 0.1000. The Labute approximate surface area is 133 Å². The van der Waals surface area contributed by atoms with Gasteiger partial charge in [-0.15, -0.1) is 0 Å². The van der Waals surface area contributed by atoms with Gasteiger partial charge in [-0.2, -0.15) is 0 Å². The minimum Gasteiger partial charge on any atom is -0.391 e. The molecule has 0 saturated heterocycles. The van der Waals surface area contributed by atoms with Crippen LogP contribution in [0.1, 0.15) is 65.2 Å². The highest BCUT2D eigenvalue weighted by Crippen LogP contribution is 2.16. The van der Waals surface area contributed by atoms with Crippen molar-refractivity contribution in [2.45, 2.75) is 74.9 Å². The third kappa shape index (κ3) is 9.61. The topological polar surface area (TPSA) is 43.4 Å². The maximum Gasteiger partial charge on any atom is 0.327 e. The molecular weight excluding hydrogens is 376 g/mol. The Morgan fingerprint density at radius 1 is 0.842 bits per heavy atom. The standard InChI is InChI=1S/C14H24Br2O3/c1-3-5-7-9-11(15)13(17)19-14(18)12(16)10-8-6-4-2/h11-12H,3-10H2,1-2H3. The largest absolute Gasteiger partial charge is 0.391 e. The van der Waals surface area contributed by atoms with Gasteiger partial charge in [-0.1, -0.05) is 84.2 Å². The van der Waals surface area contributed by atoms with Crippen LogP contribution in [0.25, 0.3) is 0 Å². The number of hydrogen-bond acceptors (Lipinski definition) is 3. The molecule has 0 bridgehead atoms. The molecule has 0 heterocycles. The number of carbonyl (C=O) groups excluding carboxylic acids is 2. The number of halogens is 2. The van der Waals surface area contributed by atoms with E-state index in [0.717, 1.165) is 38.5 Å². The lowest BCUT2D eigenvalue weighted by Crippen LogP contribution is -2.26. The van der Waals surface area contributed by atoms with Crippen LogP contribution in [0, 0.1) is 0 Å². The van der Waals surface area contributed by atoms with Gasteiger partial charge >= 0.3 is 11.9 Å². The maximum atomic E-state index is 11.7. The summed E-state index contributed by atoms with van der Waals surface area (Å²) in [6, 6.07) is 0. The Kier molecular flexibility index (Phi) is 12.0. The zero-order valence-corrected chi connectivity index (χ0v) is 15.0. The molecule has 0 fully saturated rings. The van der Waals surface area contributed by atoms with Gasteiger partial charge in [-0.05, 0) is 12.8 Å². The second-order valence-corrected chi connectivity index (χ2v) is 6.88. The average Bonchev–Trinajstić information content (AvgIpc) is 2.38. The molecule has 3 nitrogen and oxygen atoms in total. The van der Waals surface area contributed by atoms with Crippen molar-refractivity contribution >= 4 is 43.8 Å². The first-order valence-electron chi connectivity index (χ1n) is 7.06. The van der Waals surface area contributed by atoms with Gasteiger partial charge in [-0.3, -0.25) is 9.59 Å². The molecule has 0 aromatic rings. The maximum absolute atomic E-state index is 11.7. The summed E-state index contributed by atoms with van der Waals surface area (Å²) < 4.78 is 4.86. The lowest BCUT2D eigenvalue weighted by atomic mass is 10.1. The van der Waals surface area contributed by atoms with Crippen LogP contribution in [-0.4, -0.2) is 21.6 Å². The molecule has 0 aliphatic rings. The molecule has 112 valence electrons. The smallest absolute Gasteiger partial charge is 0.327 e. The summed E-state index contributed by atoms with van der Waals surface area (Å²) in [4.78, 5) is 22.6. The van der Waals surface area contributed by atoms with E-state index >= 15 is 0 Å². The average molecular weight is 400 g/mol. The number of rotatable bonds is 10. The van der Waals surface area contributed by atoms with Crippen LogP contribution < -0.4 is 0 Å². The summed E-state index contributed by atoms with van der Waals surface area (Å²) >= 11 is 6.55. The number of carbonyl (C=O) groups is 2. The Morgan fingerprint density at radius 3 is 1.53 bits per heavy atom. The summed E-state index contributed by atoms with van der Waals surface area (Å²) in [5, 5.41) is 0. The van der Waals surface area contributed by atoms with Gasteiger partial charge in [0.2, 0.25) is 0 Å². The molecule has 0 saturated carbocycles. The molecule has 0 radical (unpaired) electrons. The van der Waals surface area contributed by atoms with Crippen molar-refractivity contribution in [2.24, 2.45) is 0 Å². The number of unbranched alkanes of at least 4 members (excludes halogenated alkanes) is 4. The van der Waals surface area contributed by atoms with Gasteiger partial charge in [0, 0.05) is 0 Å². The highest BCUT2D eigenvalue weighted by molar-refractivity contribution is 9.10. The first kappa shape index (κ1) is 19.1. The molecule has 0 aliphatic heterocycles. The van der Waals surface area contributed by atoms with Crippen LogP contribution >= 0.6 is 31.9 Å².